The van der Waals surface area contributed by atoms with Gasteiger partial charge in [-0.15, -0.1) is 0 Å². The van der Waals surface area contributed by atoms with Gasteiger partial charge in [0.05, 0.1) is 22.3 Å². The van der Waals surface area contributed by atoms with Gasteiger partial charge >= 0.3 is 0 Å². The van der Waals surface area contributed by atoms with E-state index in [2.05, 4.69) is 10.1 Å². The molecule has 0 aliphatic carbocycles. The molecule has 0 aliphatic rings. The van der Waals surface area contributed by atoms with Gasteiger partial charge in [0.25, 0.3) is 5.56 Å². The Kier molecular flexibility index (Phi) is 5.00. The third kappa shape index (κ3) is 3.33. The molecular formula is C21H20N4O2S. The van der Waals surface area contributed by atoms with E-state index in [1.807, 2.05) is 63.2 Å². The maximum Gasteiger partial charge on any atom is 0.266 e. The molecule has 6 nitrogen and oxygen atoms in total. The molecule has 0 radical (unpaired) electrons. The summed E-state index contributed by atoms with van der Waals surface area (Å²) in [6, 6.07) is 13.4. The molecule has 2 aromatic heterocycles. The van der Waals surface area contributed by atoms with Gasteiger partial charge in [0, 0.05) is 6.42 Å². The Labute approximate surface area is 166 Å². The number of thioether (sulfide) groups is 1. The van der Waals surface area contributed by atoms with Crippen molar-refractivity contribution in [3.63, 3.8) is 0 Å². The molecule has 0 bridgehead atoms. The molecule has 0 N–H and O–H groups in total. The zero-order valence-electron chi connectivity index (χ0n) is 16.0. The van der Waals surface area contributed by atoms with E-state index >= 15 is 0 Å². The number of hydrogen-bond donors (Lipinski definition) is 0. The lowest BCUT2D eigenvalue weighted by Crippen LogP contribution is -2.23. The number of aromatic nitrogens is 4. The fourth-order valence-electron chi connectivity index (χ4n) is 3.18. The van der Waals surface area contributed by atoms with E-state index in [9.17, 15) is 4.79 Å². The van der Waals surface area contributed by atoms with E-state index in [1.165, 1.54) is 11.8 Å². The van der Waals surface area contributed by atoms with Crippen LogP contribution in [-0.2, 0) is 12.2 Å². The predicted octanol–water partition coefficient (Wildman–Crippen LogP) is 4.24. The first-order chi connectivity index (χ1) is 13.6. The molecule has 4 aromatic rings. The standard InChI is InChI=1S/C21H20N4O2S/c1-4-17-23-18(27-24-17)12-28-21-22-16-11-6-5-10-15(16)20(26)25(21)19-13(2)8-7-9-14(19)3/h5-11H,4,12H2,1-3H3. The molecule has 0 saturated heterocycles. The number of hydrogen-bond acceptors (Lipinski definition) is 6. The second kappa shape index (κ2) is 7.59. The highest BCUT2D eigenvalue weighted by molar-refractivity contribution is 7.98. The molecule has 0 amide bonds. The van der Waals surface area contributed by atoms with Gasteiger partial charge in [-0.2, -0.15) is 4.98 Å². The lowest BCUT2D eigenvalue weighted by atomic mass is 10.1. The first kappa shape index (κ1) is 18.4. The Bertz CT molecular complexity index is 1190. The highest BCUT2D eigenvalue weighted by atomic mass is 32.2. The van der Waals surface area contributed by atoms with Gasteiger partial charge < -0.3 is 4.52 Å². The largest absolute Gasteiger partial charge is 0.338 e. The second-order valence-corrected chi connectivity index (χ2v) is 7.48. The highest BCUT2D eigenvalue weighted by Crippen LogP contribution is 2.27. The Balaban J connectivity index is 1.87. The monoisotopic (exact) mass is 392 g/mol. The van der Waals surface area contributed by atoms with Crippen LogP contribution in [0.1, 0.15) is 29.8 Å². The molecule has 2 aromatic carbocycles. The van der Waals surface area contributed by atoms with Gasteiger partial charge in [-0.1, -0.05) is 54.2 Å². The van der Waals surface area contributed by atoms with Crippen molar-refractivity contribution >= 4 is 22.7 Å². The maximum absolute atomic E-state index is 13.4. The van der Waals surface area contributed by atoms with Crippen LogP contribution in [0.25, 0.3) is 16.6 Å². The van der Waals surface area contributed by atoms with Crippen molar-refractivity contribution in [1.82, 2.24) is 19.7 Å². The van der Waals surface area contributed by atoms with E-state index in [0.717, 1.165) is 23.2 Å². The van der Waals surface area contributed by atoms with Gasteiger partial charge in [-0.3, -0.25) is 9.36 Å². The van der Waals surface area contributed by atoms with Crippen LogP contribution < -0.4 is 5.56 Å². The van der Waals surface area contributed by atoms with Crippen molar-refractivity contribution in [1.29, 1.82) is 0 Å². The van der Waals surface area contributed by atoms with E-state index in [0.29, 0.717) is 33.5 Å². The summed E-state index contributed by atoms with van der Waals surface area (Å²) in [5.74, 6) is 1.65. The van der Waals surface area contributed by atoms with Crippen LogP contribution in [0.5, 0.6) is 0 Å². The number of aryl methyl sites for hydroxylation is 3. The molecule has 0 fully saturated rings. The lowest BCUT2D eigenvalue weighted by Gasteiger charge is -2.16. The van der Waals surface area contributed by atoms with Crippen LogP contribution in [0.3, 0.4) is 0 Å². The topological polar surface area (TPSA) is 73.8 Å². The summed E-state index contributed by atoms with van der Waals surface area (Å²) in [6.45, 7) is 5.99. The lowest BCUT2D eigenvalue weighted by molar-refractivity contribution is 0.385. The Morgan fingerprint density at radius 1 is 1.04 bits per heavy atom. The smallest absolute Gasteiger partial charge is 0.266 e. The molecule has 0 aliphatic heterocycles. The second-order valence-electron chi connectivity index (χ2n) is 6.54. The number of nitrogens with zero attached hydrogens (tertiary/aromatic N) is 4. The average Bonchev–Trinajstić information content (AvgIpc) is 3.16. The van der Waals surface area contributed by atoms with Crippen LogP contribution in [0, 0.1) is 13.8 Å². The first-order valence-corrected chi connectivity index (χ1v) is 10.1. The minimum absolute atomic E-state index is 0.0784. The van der Waals surface area contributed by atoms with Crippen LogP contribution in [0.15, 0.2) is 56.9 Å². The first-order valence-electron chi connectivity index (χ1n) is 9.11. The van der Waals surface area contributed by atoms with E-state index in [4.69, 9.17) is 9.51 Å². The van der Waals surface area contributed by atoms with E-state index in [1.54, 1.807) is 4.57 Å². The number of fused-ring (bicyclic) bond motifs is 1. The van der Waals surface area contributed by atoms with Crippen molar-refractivity contribution in [3.05, 3.63) is 75.7 Å². The fourth-order valence-corrected chi connectivity index (χ4v) is 4.02. The molecule has 2 heterocycles. The predicted molar refractivity (Wildman–Crippen MR) is 110 cm³/mol. The minimum Gasteiger partial charge on any atom is -0.338 e. The van der Waals surface area contributed by atoms with Crippen LogP contribution in [0.4, 0.5) is 0 Å². The SMILES string of the molecule is CCc1noc(CSc2nc3ccccc3c(=O)n2-c2c(C)cccc2C)n1. The van der Waals surface area contributed by atoms with Gasteiger partial charge in [-0.25, -0.2) is 4.98 Å². The summed E-state index contributed by atoms with van der Waals surface area (Å²) >= 11 is 1.42. The van der Waals surface area contributed by atoms with Crippen molar-refractivity contribution in [2.24, 2.45) is 0 Å². The van der Waals surface area contributed by atoms with Gasteiger partial charge in [0.15, 0.2) is 11.0 Å². The molecule has 0 unspecified atom stereocenters. The van der Waals surface area contributed by atoms with Crippen LogP contribution >= 0.6 is 11.8 Å². The van der Waals surface area contributed by atoms with Crippen molar-refractivity contribution in [2.45, 2.75) is 38.1 Å². The Morgan fingerprint density at radius 3 is 2.50 bits per heavy atom. The van der Waals surface area contributed by atoms with Crippen LogP contribution in [-0.4, -0.2) is 19.7 Å². The molecule has 0 saturated carbocycles. The summed E-state index contributed by atoms with van der Waals surface area (Å²) < 4.78 is 6.99. The summed E-state index contributed by atoms with van der Waals surface area (Å²) in [7, 11) is 0. The summed E-state index contributed by atoms with van der Waals surface area (Å²) in [4.78, 5) is 22.5. The van der Waals surface area contributed by atoms with E-state index < -0.39 is 0 Å². The van der Waals surface area contributed by atoms with Gasteiger partial charge in [-0.05, 0) is 37.1 Å². The molecule has 4 rings (SSSR count). The molecule has 7 heteroatoms. The number of rotatable bonds is 5. The number of para-hydroxylation sites is 2. The van der Waals surface area contributed by atoms with Crippen molar-refractivity contribution in [3.8, 4) is 5.69 Å². The van der Waals surface area contributed by atoms with Crippen LogP contribution in [0.2, 0.25) is 0 Å². The molecule has 0 atom stereocenters. The molecule has 142 valence electrons. The Hall–Kier alpha value is -2.93. The van der Waals surface area contributed by atoms with Gasteiger partial charge in [0.1, 0.15) is 0 Å². The van der Waals surface area contributed by atoms with Crippen molar-refractivity contribution < 1.29 is 4.52 Å². The highest BCUT2D eigenvalue weighted by Gasteiger charge is 2.17. The molecule has 28 heavy (non-hydrogen) atoms. The summed E-state index contributed by atoms with van der Waals surface area (Å²) in [6.07, 6.45) is 0.718. The zero-order valence-corrected chi connectivity index (χ0v) is 16.8. The summed E-state index contributed by atoms with van der Waals surface area (Å²) in [5.41, 5.74) is 3.51. The third-order valence-electron chi connectivity index (χ3n) is 4.56. The number of benzene rings is 2. The zero-order chi connectivity index (χ0) is 19.7. The normalized spacial score (nSPS) is 11.2. The summed E-state index contributed by atoms with van der Waals surface area (Å²) in [5, 5.41) is 5.14. The average molecular weight is 392 g/mol. The van der Waals surface area contributed by atoms with Gasteiger partial charge in [0.2, 0.25) is 5.89 Å². The maximum atomic E-state index is 13.4. The fraction of sp³-hybridized carbons (Fsp3) is 0.238. The van der Waals surface area contributed by atoms with E-state index in [-0.39, 0.29) is 5.56 Å². The quantitative estimate of drug-likeness (QED) is 0.374. The van der Waals surface area contributed by atoms with Crippen molar-refractivity contribution in [2.75, 3.05) is 0 Å². The molecular weight excluding hydrogens is 372 g/mol. The Morgan fingerprint density at radius 2 is 1.79 bits per heavy atom. The minimum atomic E-state index is -0.0784. The molecule has 0 spiro atoms. The third-order valence-corrected chi connectivity index (χ3v) is 5.48.